The van der Waals surface area contributed by atoms with Crippen molar-refractivity contribution in [2.45, 2.75) is 12.7 Å². The van der Waals surface area contributed by atoms with Crippen LogP contribution in [0.3, 0.4) is 0 Å². The van der Waals surface area contributed by atoms with Gasteiger partial charge in [0.25, 0.3) is 5.91 Å². The van der Waals surface area contributed by atoms with Crippen molar-refractivity contribution in [1.29, 1.82) is 0 Å². The second-order valence-electron chi connectivity index (χ2n) is 7.25. The van der Waals surface area contributed by atoms with Crippen LogP contribution in [0.25, 0.3) is 11.0 Å². The summed E-state index contributed by atoms with van der Waals surface area (Å²) in [7, 11) is 1.63. The molecule has 6 nitrogen and oxygen atoms in total. The smallest absolute Gasteiger partial charge is 0.348 e. The minimum absolute atomic E-state index is 0.245. The Morgan fingerprint density at radius 1 is 1.15 bits per heavy atom. The van der Waals surface area contributed by atoms with E-state index >= 15 is 0 Å². The molecule has 0 aliphatic carbocycles. The number of halogens is 6. The molecule has 0 unspecified atom stereocenters. The Bertz CT molecular complexity index is 1380. The molecule has 0 radical (unpaired) electrons. The fraction of sp³-hybridized carbons (Fsp3) is 0.136. The molecule has 2 heterocycles. The Morgan fingerprint density at radius 3 is 2.53 bits per heavy atom. The topological polar surface area (TPSA) is 71.8 Å². The maximum absolute atomic E-state index is 14.8. The van der Waals surface area contributed by atoms with Gasteiger partial charge in [-0.3, -0.25) is 9.78 Å². The molecule has 0 atom stereocenters. The van der Waals surface area contributed by atoms with Crippen molar-refractivity contribution >= 4 is 51.8 Å². The van der Waals surface area contributed by atoms with E-state index in [0.29, 0.717) is 21.2 Å². The Balaban J connectivity index is 1.61. The van der Waals surface area contributed by atoms with Gasteiger partial charge in [-0.1, -0.05) is 29.3 Å². The molecular weight excluding hydrogens is 497 g/mol. The summed E-state index contributed by atoms with van der Waals surface area (Å²) in [6, 6.07) is 8.07. The average Bonchev–Trinajstić information content (AvgIpc) is 3.08. The van der Waals surface area contributed by atoms with Gasteiger partial charge in [-0.25, -0.2) is 9.37 Å². The van der Waals surface area contributed by atoms with Gasteiger partial charge in [-0.15, -0.1) is 0 Å². The molecule has 0 fully saturated rings. The number of anilines is 2. The second kappa shape index (κ2) is 9.11. The monoisotopic (exact) mass is 511 g/mol. The maximum atomic E-state index is 14.8. The minimum atomic E-state index is -4.62. The Kier molecular flexibility index (Phi) is 6.37. The number of hydrogen-bond donors (Lipinski definition) is 2. The lowest BCUT2D eigenvalue weighted by Gasteiger charge is -2.13. The standard InChI is InChI=1S/C22H15Cl2F4N5O/c1-33-18-8-16(25)12(20(34)30-10-11-9-29-6-5-13(11)22(26,27)28)7-17(18)31-21(33)32-19-14(23)3-2-4-15(19)24/h2-9H,10H2,1H3,(H,30,34)(H,31,32). The van der Waals surface area contributed by atoms with Crippen LogP contribution in [0.4, 0.5) is 29.2 Å². The summed E-state index contributed by atoms with van der Waals surface area (Å²) in [6.45, 7) is -0.487. The Labute approximate surface area is 200 Å². The number of aryl methyl sites for hydroxylation is 1. The van der Waals surface area contributed by atoms with E-state index < -0.39 is 30.0 Å². The highest BCUT2D eigenvalue weighted by atomic mass is 35.5. The first kappa shape index (κ1) is 23.8. The third kappa shape index (κ3) is 4.64. The van der Waals surface area contributed by atoms with E-state index in [4.69, 9.17) is 23.2 Å². The number of imidazole rings is 1. The highest BCUT2D eigenvalue weighted by molar-refractivity contribution is 6.39. The molecule has 0 aliphatic heterocycles. The number of aromatic nitrogens is 3. The van der Waals surface area contributed by atoms with E-state index in [1.165, 1.54) is 6.07 Å². The number of pyridine rings is 1. The molecule has 2 aromatic carbocycles. The zero-order chi connectivity index (χ0) is 24.6. The van der Waals surface area contributed by atoms with Crippen molar-refractivity contribution in [3.8, 4) is 0 Å². The summed E-state index contributed by atoms with van der Waals surface area (Å²) < 4.78 is 55.7. The predicted octanol–water partition coefficient (Wildman–Crippen LogP) is 6.11. The van der Waals surface area contributed by atoms with Gasteiger partial charge in [0.05, 0.1) is 37.9 Å². The zero-order valence-electron chi connectivity index (χ0n) is 17.3. The molecule has 34 heavy (non-hydrogen) atoms. The normalized spacial score (nSPS) is 11.6. The van der Waals surface area contributed by atoms with Crippen LogP contribution in [-0.2, 0) is 19.8 Å². The van der Waals surface area contributed by atoms with Gasteiger partial charge in [0.2, 0.25) is 5.95 Å². The van der Waals surface area contributed by atoms with Gasteiger partial charge in [-0.2, -0.15) is 13.2 Å². The summed E-state index contributed by atoms with van der Waals surface area (Å²) in [4.78, 5) is 20.6. The quantitative estimate of drug-likeness (QED) is 0.317. The molecule has 0 spiro atoms. The number of carbonyl (C=O) groups excluding carboxylic acids is 1. The van der Waals surface area contributed by atoms with Crippen LogP contribution in [0.5, 0.6) is 0 Å². The molecule has 0 aliphatic rings. The number of rotatable bonds is 5. The third-order valence-corrected chi connectivity index (χ3v) is 5.69. The van der Waals surface area contributed by atoms with E-state index in [2.05, 4.69) is 20.6 Å². The largest absolute Gasteiger partial charge is 0.416 e. The third-order valence-electron chi connectivity index (χ3n) is 5.06. The number of benzene rings is 2. The SMILES string of the molecule is Cn1c(Nc2c(Cl)cccc2Cl)nc2cc(C(=O)NCc3cnccc3C(F)(F)F)c(F)cc21. The van der Waals surface area contributed by atoms with Crippen LogP contribution in [0.1, 0.15) is 21.5 Å². The van der Waals surface area contributed by atoms with Crippen LogP contribution in [0, 0.1) is 5.82 Å². The number of alkyl halides is 3. The Morgan fingerprint density at radius 2 is 1.85 bits per heavy atom. The first-order valence-corrected chi connectivity index (χ1v) is 10.5. The van der Waals surface area contributed by atoms with Crippen LogP contribution in [0.15, 0.2) is 48.8 Å². The molecular formula is C22H15Cl2F4N5O. The Hall–Kier alpha value is -3.37. The van der Waals surface area contributed by atoms with Crippen molar-refractivity contribution in [3.63, 3.8) is 0 Å². The van der Waals surface area contributed by atoms with E-state index in [1.54, 1.807) is 29.8 Å². The minimum Gasteiger partial charge on any atom is -0.348 e. The van der Waals surface area contributed by atoms with Gasteiger partial charge in [0.15, 0.2) is 0 Å². The first-order valence-electron chi connectivity index (χ1n) is 9.71. The van der Waals surface area contributed by atoms with Crippen LogP contribution in [0.2, 0.25) is 10.0 Å². The van der Waals surface area contributed by atoms with E-state index in [9.17, 15) is 22.4 Å². The van der Waals surface area contributed by atoms with Crippen LogP contribution in [-0.4, -0.2) is 20.4 Å². The summed E-state index contributed by atoms with van der Waals surface area (Å²) in [6.07, 6.45) is -2.61. The van der Waals surface area contributed by atoms with E-state index in [1.807, 2.05) is 0 Å². The maximum Gasteiger partial charge on any atom is 0.416 e. The van der Waals surface area contributed by atoms with E-state index in [-0.39, 0.29) is 22.6 Å². The van der Waals surface area contributed by atoms with Gasteiger partial charge in [0.1, 0.15) is 5.82 Å². The second-order valence-corrected chi connectivity index (χ2v) is 8.06. The molecule has 4 rings (SSSR count). The lowest BCUT2D eigenvalue weighted by Crippen LogP contribution is -2.25. The van der Waals surface area contributed by atoms with Crippen molar-refractivity contribution in [2.24, 2.45) is 7.05 Å². The van der Waals surface area contributed by atoms with Gasteiger partial charge < -0.3 is 15.2 Å². The molecule has 12 heteroatoms. The number of nitrogens with zero attached hydrogens (tertiary/aromatic N) is 3. The average molecular weight is 512 g/mol. The molecule has 176 valence electrons. The van der Waals surface area contributed by atoms with Crippen LogP contribution < -0.4 is 10.6 Å². The van der Waals surface area contributed by atoms with Crippen molar-refractivity contribution in [1.82, 2.24) is 19.9 Å². The predicted molar refractivity (Wildman–Crippen MR) is 121 cm³/mol. The number of para-hydroxylation sites is 1. The van der Waals surface area contributed by atoms with Crippen LogP contribution >= 0.6 is 23.2 Å². The lowest BCUT2D eigenvalue weighted by atomic mass is 10.1. The van der Waals surface area contributed by atoms with E-state index in [0.717, 1.165) is 24.5 Å². The number of nitrogens with one attached hydrogen (secondary N) is 2. The number of carbonyl (C=O) groups is 1. The molecule has 4 aromatic rings. The van der Waals surface area contributed by atoms with Gasteiger partial charge >= 0.3 is 6.18 Å². The molecule has 0 bridgehead atoms. The van der Waals surface area contributed by atoms with Crippen molar-refractivity contribution in [3.05, 3.63) is 81.3 Å². The summed E-state index contributed by atoms with van der Waals surface area (Å²) in [5.41, 5.74) is -0.503. The van der Waals surface area contributed by atoms with Crippen molar-refractivity contribution in [2.75, 3.05) is 5.32 Å². The van der Waals surface area contributed by atoms with Crippen molar-refractivity contribution < 1.29 is 22.4 Å². The molecule has 1 amide bonds. The summed E-state index contributed by atoms with van der Waals surface area (Å²) in [5.74, 6) is -1.48. The summed E-state index contributed by atoms with van der Waals surface area (Å²) in [5, 5.41) is 5.98. The zero-order valence-corrected chi connectivity index (χ0v) is 18.9. The highest BCUT2D eigenvalue weighted by Gasteiger charge is 2.33. The highest BCUT2D eigenvalue weighted by Crippen LogP contribution is 2.34. The van der Waals surface area contributed by atoms with Gasteiger partial charge in [-0.05, 0) is 24.3 Å². The fourth-order valence-electron chi connectivity index (χ4n) is 3.34. The molecule has 0 saturated heterocycles. The first-order chi connectivity index (χ1) is 16.1. The lowest BCUT2D eigenvalue weighted by molar-refractivity contribution is -0.138. The molecule has 2 N–H and O–H groups in total. The fourth-order valence-corrected chi connectivity index (χ4v) is 3.83. The molecule has 0 saturated carbocycles. The number of hydrogen-bond acceptors (Lipinski definition) is 4. The number of amides is 1. The molecule has 2 aromatic heterocycles. The van der Waals surface area contributed by atoms with Gasteiger partial charge in [0, 0.05) is 37.6 Å². The summed E-state index contributed by atoms with van der Waals surface area (Å²) >= 11 is 12.4. The number of fused-ring (bicyclic) bond motifs is 1.